The maximum atomic E-state index is 12.2. The molecular weight excluding hydrogens is 310 g/mol. The minimum absolute atomic E-state index is 0.0536. The molecule has 130 valence electrons. The van der Waals surface area contributed by atoms with Gasteiger partial charge in [0.25, 0.3) is 11.8 Å². The summed E-state index contributed by atoms with van der Waals surface area (Å²) in [5.41, 5.74) is -0.0536. The Morgan fingerprint density at radius 2 is 2.29 bits per heavy atom. The molecule has 0 aromatic carbocycles. The van der Waals surface area contributed by atoms with Crippen molar-refractivity contribution in [3.63, 3.8) is 0 Å². The van der Waals surface area contributed by atoms with E-state index in [1.165, 1.54) is 13.2 Å². The van der Waals surface area contributed by atoms with Crippen LogP contribution in [0, 0.1) is 0 Å². The molecule has 7 heteroatoms. The summed E-state index contributed by atoms with van der Waals surface area (Å²) in [6.07, 6.45) is 6.79. The van der Waals surface area contributed by atoms with Crippen LogP contribution >= 0.6 is 0 Å². The van der Waals surface area contributed by atoms with E-state index in [0.29, 0.717) is 13.0 Å². The first-order valence-corrected chi connectivity index (χ1v) is 8.31. The van der Waals surface area contributed by atoms with E-state index in [2.05, 4.69) is 17.1 Å². The van der Waals surface area contributed by atoms with Crippen molar-refractivity contribution >= 4 is 11.8 Å². The first-order chi connectivity index (χ1) is 11.6. The highest BCUT2D eigenvalue weighted by atomic mass is 16.5. The van der Waals surface area contributed by atoms with Gasteiger partial charge < -0.3 is 19.5 Å². The number of carbonyl (C=O) groups excluding carboxylic acids is 2. The molecule has 1 aliphatic carbocycles. The summed E-state index contributed by atoms with van der Waals surface area (Å²) >= 11 is 0. The second-order valence-corrected chi connectivity index (χ2v) is 6.50. The van der Waals surface area contributed by atoms with E-state index in [-0.39, 0.29) is 35.0 Å². The molecule has 0 radical (unpaired) electrons. The van der Waals surface area contributed by atoms with Gasteiger partial charge in [0.15, 0.2) is 0 Å². The molecule has 2 amide bonds. The van der Waals surface area contributed by atoms with Crippen LogP contribution in [0.4, 0.5) is 0 Å². The average Bonchev–Trinajstić information content (AvgIpc) is 3.18. The maximum absolute atomic E-state index is 12.2. The molecule has 1 saturated heterocycles. The molecule has 3 rings (SSSR count). The van der Waals surface area contributed by atoms with Crippen LogP contribution in [0.25, 0.3) is 0 Å². The van der Waals surface area contributed by atoms with Crippen LogP contribution in [0.1, 0.15) is 49.1 Å². The lowest BCUT2D eigenvalue weighted by atomic mass is 9.77. The fourth-order valence-electron chi connectivity index (χ4n) is 3.84. The Labute approximate surface area is 141 Å². The second-order valence-electron chi connectivity index (χ2n) is 6.50. The lowest BCUT2D eigenvalue weighted by molar-refractivity contribution is -0.131. The molecule has 1 spiro atoms. The van der Waals surface area contributed by atoms with E-state index >= 15 is 0 Å². The zero-order valence-electron chi connectivity index (χ0n) is 13.9. The van der Waals surface area contributed by atoms with Crippen molar-refractivity contribution in [3.8, 4) is 5.88 Å². The normalized spacial score (nSPS) is 26.6. The summed E-state index contributed by atoms with van der Waals surface area (Å²) in [6, 6.07) is 1.56. The van der Waals surface area contributed by atoms with Crippen LogP contribution in [0.5, 0.6) is 5.88 Å². The largest absolute Gasteiger partial charge is 0.479 e. The van der Waals surface area contributed by atoms with Gasteiger partial charge in [-0.3, -0.25) is 9.59 Å². The second kappa shape index (κ2) is 6.67. The molecule has 1 saturated carbocycles. The number of ether oxygens (including phenoxy) is 1. The number of nitrogens with one attached hydrogen (secondary N) is 1. The van der Waals surface area contributed by atoms with E-state index in [9.17, 15) is 9.59 Å². The Balaban J connectivity index is 1.58. The molecule has 0 bridgehead atoms. The van der Waals surface area contributed by atoms with Gasteiger partial charge in [0.2, 0.25) is 11.7 Å². The van der Waals surface area contributed by atoms with Gasteiger partial charge in [-0.1, -0.05) is 6.08 Å². The van der Waals surface area contributed by atoms with E-state index < -0.39 is 0 Å². The van der Waals surface area contributed by atoms with Gasteiger partial charge in [-0.05, 0) is 37.3 Å². The molecule has 2 heterocycles. The quantitative estimate of drug-likeness (QED) is 0.832. The molecule has 1 aromatic heterocycles. The molecule has 0 unspecified atom stereocenters. The lowest BCUT2D eigenvalue weighted by Gasteiger charge is -2.43. The zero-order valence-corrected chi connectivity index (χ0v) is 13.9. The van der Waals surface area contributed by atoms with Crippen molar-refractivity contribution < 1.29 is 18.8 Å². The number of nitrogens with zero attached hydrogens (tertiary/aromatic N) is 2. The minimum atomic E-state index is -0.280. The standard InChI is InChI=1S/C17H23N3O4/c1-3-10-20-15(21)6-9-17(20)7-4-12(5-8-17)18-16(22)13-11-14(23-2)19-24-13/h3,11-12H,1,4-10H2,2H3,(H,18,22). The molecule has 1 aromatic rings. The summed E-state index contributed by atoms with van der Waals surface area (Å²) in [7, 11) is 1.47. The van der Waals surface area contributed by atoms with Crippen molar-refractivity contribution in [1.29, 1.82) is 0 Å². The van der Waals surface area contributed by atoms with Crippen LogP contribution in [0.2, 0.25) is 0 Å². The Bertz CT molecular complexity index is 632. The lowest BCUT2D eigenvalue weighted by Crippen LogP contribution is -2.51. The van der Waals surface area contributed by atoms with Crippen molar-refractivity contribution in [1.82, 2.24) is 15.4 Å². The fraction of sp³-hybridized carbons (Fsp3) is 0.588. The van der Waals surface area contributed by atoms with Gasteiger partial charge in [0.05, 0.1) is 13.2 Å². The number of methoxy groups -OCH3 is 1. The number of likely N-dealkylation sites (tertiary alicyclic amines) is 1. The average molecular weight is 333 g/mol. The number of amides is 2. The molecule has 7 nitrogen and oxygen atoms in total. The van der Waals surface area contributed by atoms with Gasteiger partial charge in [-0.15, -0.1) is 6.58 Å². The summed E-state index contributed by atoms with van der Waals surface area (Å²) in [6.45, 7) is 4.36. The summed E-state index contributed by atoms with van der Waals surface area (Å²) in [5.74, 6) is 0.368. The number of hydrogen-bond acceptors (Lipinski definition) is 5. The van der Waals surface area contributed by atoms with E-state index in [1.807, 2.05) is 4.90 Å². The Morgan fingerprint density at radius 3 is 2.92 bits per heavy atom. The van der Waals surface area contributed by atoms with Crippen molar-refractivity contribution in [2.75, 3.05) is 13.7 Å². The number of carbonyl (C=O) groups is 2. The van der Waals surface area contributed by atoms with E-state index in [4.69, 9.17) is 9.26 Å². The Kier molecular flexibility index (Phi) is 4.59. The predicted octanol–water partition coefficient (Wildman–Crippen LogP) is 1.90. The molecule has 1 N–H and O–H groups in total. The number of rotatable bonds is 5. The topological polar surface area (TPSA) is 84.7 Å². The van der Waals surface area contributed by atoms with Gasteiger partial charge in [0.1, 0.15) is 0 Å². The summed E-state index contributed by atoms with van der Waals surface area (Å²) < 4.78 is 9.88. The highest BCUT2D eigenvalue weighted by Crippen LogP contribution is 2.42. The predicted molar refractivity (Wildman–Crippen MR) is 86.7 cm³/mol. The van der Waals surface area contributed by atoms with Crippen molar-refractivity contribution in [2.45, 2.75) is 50.1 Å². The molecule has 24 heavy (non-hydrogen) atoms. The van der Waals surface area contributed by atoms with Crippen LogP contribution in [0.15, 0.2) is 23.2 Å². The summed E-state index contributed by atoms with van der Waals surface area (Å²) in [4.78, 5) is 26.3. The third-order valence-electron chi connectivity index (χ3n) is 5.16. The van der Waals surface area contributed by atoms with E-state index in [0.717, 1.165) is 32.1 Å². The van der Waals surface area contributed by atoms with Crippen molar-refractivity contribution in [2.24, 2.45) is 0 Å². The molecular formula is C17H23N3O4. The minimum Gasteiger partial charge on any atom is -0.479 e. The van der Waals surface area contributed by atoms with E-state index in [1.54, 1.807) is 6.08 Å². The maximum Gasteiger partial charge on any atom is 0.290 e. The van der Waals surface area contributed by atoms with Crippen LogP contribution < -0.4 is 10.1 Å². The Morgan fingerprint density at radius 1 is 1.54 bits per heavy atom. The smallest absolute Gasteiger partial charge is 0.290 e. The third kappa shape index (κ3) is 3.02. The zero-order chi connectivity index (χ0) is 17.2. The highest BCUT2D eigenvalue weighted by molar-refractivity contribution is 5.91. The molecule has 2 aliphatic rings. The van der Waals surface area contributed by atoms with Crippen LogP contribution in [-0.4, -0.2) is 47.1 Å². The summed E-state index contributed by atoms with van der Waals surface area (Å²) in [5, 5.41) is 6.62. The monoisotopic (exact) mass is 333 g/mol. The van der Waals surface area contributed by atoms with Gasteiger partial charge in [0, 0.05) is 24.5 Å². The van der Waals surface area contributed by atoms with Crippen LogP contribution in [-0.2, 0) is 4.79 Å². The highest BCUT2D eigenvalue weighted by Gasteiger charge is 2.46. The van der Waals surface area contributed by atoms with Gasteiger partial charge >= 0.3 is 0 Å². The molecule has 2 fully saturated rings. The van der Waals surface area contributed by atoms with Crippen LogP contribution in [0.3, 0.4) is 0 Å². The van der Waals surface area contributed by atoms with Gasteiger partial charge in [-0.25, -0.2) is 0 Å². The molecule has 0 atom stereocenters. The Hall–Kier alpha value is -2.31. The first-order valence-electron chi connectivity index (χ1n) is 8.31. The first kappa shape index (κ1) is 16.5. The van der Waals surface area contributed by atoms with Gasteiger partial charge in [-0.2, -0.15) is 0 Å². The van der Waals surface area contributed by atoms with Crippen molar-refractivity contribution in [3.05, 3.63) is 24.5 Å². The molecule has 1 aliphatic heterocycles. The fourth-order valence-corrected chi connectivity index (χ4v) is 3.84. The number of hydrogen-bond donors (Lipinski definition) is 1. The third-order valence-corrected chi connectivity index (χ3v) is 5.16. The number of aromatic nitrogens is 1. The SMILES string of the molecule is C=CCN1C(=O)CCC12CCC(NC(=O)c1cc(OC)no1)CC2.